The van der Waals surface area contributed by atoms with Crippen molar-refractivity contribution < 1.29 is 27.5 Å². The highest BCUT2D eigenvalue weighted by Gasteiger charge is 2.28. The monoisotopic (exact) mass is 392 g/mol. The Bertz CT molecular complexity index is 960. The summed E-state index contributed by atoms with van der Waals surface area (Å²) in [7, 11) is -0.0195. The van der Waals surface area contributed by atoms with E-state index >= 15 is 0 Å². The number of rotatable bonds is 5. The number of ether oxygens (including phenoxy) is 2. The van der Waals surface area contributed by atoms with Gasteiger partial charge in [0.2, 0.25) is 10.0 Å². The van der Waals surface area contributed by atoms with Crippen molar-refractivity contribution in [1.82, 2.24) is 4.72 Å². The molecule has 1 aliphatic rings. The van der Waals surface area contributed by atoms with Gasteiger partial charge in [-0.1, -0.05) is 12.1 Å². The molecule has 1 aromatic carbocycles. The molecule has 1 aliphatic heterocycles. The van der Waals surface area contributed by atoms with E-state index in [9.17, 15) is 18.0 Å². The van der Waals surface area contributed by atoms with Gasteiger partial charge in [0.05, 0.1) is 24.7 Å². The molecule has 1 N–H and O–H groups in total. The minimum absolute atomic E-state index is 0.0204. The zero-order valence-electron chi connectivity index (χ0n) is 15.3. The van der Waals surface area contributed by atoms with Gasteiger partial charge in [0.25, 0.3) is 0 Å². The van der Waals surface area contributed by atoms with Crippen molar-refractivity contribution >= 4 is 27.6 Å². The number of benzene rings is 1. The standard InChI is InChI=1S/C18H20N2O6S/c1-12-8-9-13(11-15(12)27(23,24)19-2)20-10-6-5-7-14(17(21)25-3)16(20)18(22)26-4/h5-11,19H,1-4H3. The van der Waals surface area contributed by atoms with Crippen molar-refractivity contribution in [3.63, 3.8) is 0 Å². The number of esters is 2. The van der Waals surface area contributed by atoms with E-state index in [1.165, 1.54) is 44.5 Å². The molecule has 27 heavy (non-hydrogen) atoms. The Morgan fingerprint density at radius 1 is 1.07 bits per heavy atom. The van der Waals surface area contributed by atoms with Gasteiger partial charge in [-0.25, -0.2) is 22.7 Å². The number of sulfonamides is 1. The minimum Gasteiger partial charge on any atom is -0.465 e. The van der Waals surface area contributed by atoms with Gasteiger partial charge in [0, 0.05) is 11.9 Å². The van der Waals surface area contributed by atoms with Gasteiger partial charge in [-0.15, -0.1) is 0 Å². The first-order chi connectivity index (χ1) is 12.8. The Labute approximate surface area is 157 Å². The summed E-state index contributed by atoms with van der Waals surface area (Å²) >= 11 is 0. The number of hydrogen-bond donors (Lipinski definition) is 1. The van der Waals surface area contributed by atoms with Crippen LogP contribution in [0.15, 0.2) is 58.8 Å². The molecule has 0 saturated heterocycles. The Morgan fingerprint density at radius 2 is 1.74 bits per heavy atom. The number of nitrogens with one attached hydrogen (secondary N) is 1. The molecule has 0 radical (unpaired) electrons. The fourth-order valence-electron chi connectivity index (χ4n) is 2.50. The molecule has 144 valence electrons. The van der Waals surface area contributed by atoms with Gasteiger partial charge in [0.15, 0.2) is 0 Å². The first kappa shape index (κ1) is 20.4. The molecule has 8 nitrogen and oxygen atoms in total. The quantitative estimate of drug-likeness (QED) is 0.756. The summed E-state index contributed by atoms with van der Waals surface area (Å²) in [6, 6.07) is 4.66. The molecule has 0 amide bonds. The lowest BCUT2D eigenvalue weighted by Crippen LogP contribution is -2.27. The third-order valence-electron chi connectivity index (χ3n) is 3.90. The second-order valence-corrected chi connectivity index (χ2v) is 7.33. The first-order valence-electron chi connectivity index (χ1n) is 7.86. The molecule has 0 fully saturated rings. The van der Waals surface area contributed by atoms with E-state index in [2.05, 4.69) is 4.72 Å². The molecule has 1 aromatic rings. The highest BCUT2D eigenvalue weighted by atomic mass is 32.2. The number of hydrogen-bond acceptors (Lipinski definition) is 7. The fraction of sp³-hybridized carbons (Fsp3) is 0.222. The summed E-state index contributed by atoms with van der Waals surface area (Å²) in [5, 5.41) is 0. The lowest BCUT2D eigenvalue weighted by molar-refractivity contribution is -0.139. The van der Waals surface area contributed by atoms with Crippen LogP contribution in [-0.4, -0.2) is 41.6 Å². The summed E-state index contributed by atoms with van der Waals surface area (Å²) in [4.78, 5) is 26.0. The lowest BCUT2D eigenvalue weighted by atomic mass is 10.1. The maximum absolute atomic E-state index is 12.4. The number of methoxy groups -OCH3 is 2. The zero-order valence-corrected chi connectivity index (χ0v) is 16.2. The van der Waals surface area contributed by atoms with Crippen LogP contribution in [0.5, 0.6) is 0 Å². The molecule has 0 unspecified atom stereocenters. The smallest absolute Gasteiger partial charge is 0.355 e. The van der Waals surface area contributed by atoms with Crippen LogP contribution in [-0.2, 0) is 29.1 Å². The summed E-state index contributed by atoms with van der Waals surface area (Å²) in [6.07, 6.45) is 6.12. The molecule has 0 bridgehead atoms. The molecule has 0 aromatic heterocycles. The van der Waals surface area contributed by atoms with Gasteiger partial charge in [0.1, 0.15) is 5.70 Å². The Balaban J connectivity index is 2.73. The predicted molar refractivity (Wildman–Crippen MR) is 99.2 cm³/mol. The van der Waals surface area contributed by atoms with Crippen LogP contribution in [0.1, 0.15) is 5.56 Å². The molecular weight excluding hydrogens is 372 g/mol. The van der Waals surface area contributed by atoms with Crippen molar-refractivity contribution in [2.45, 2.75) is 11.8 Å². The summed E-state index contributed by atoms with van der Waals surface area (Å²) in [5.41, 5.74) is 0.775. The molecule has 0 saturated carbocycles. The fourth-order valence-corrected chi connectivity index (χ4v) is 3.49. The summed E-state index contributed by atoms with van der Waals surface area (Å²) < 4.78 is 36.4. The van der Waals surface area contributed by atoms with E-state index in [0.29, 0.717) is 11.3 Å². The lowest BCUT2D eigenvalue weighted by Gasteiger charge is -2.24. The van der Waals surface area contributed by atoms with E-state index in [1.807, 2.05) is 0 Å². The van der Waals surface area contributed by atoms with E-state index in [0.717, 1.165) is 0 Å². The SMILES string of the molecule is CNS(=O)(=O)c1cc(N2C=CC=CC(C(=O)OC)=C2C(=O)OC)ccc1C. The van der Waals surface area contributed by atoms with Crippen molar-refractivity contribution in [2.24, 2.45) is 0 Å². The Hall–Kier alpha value is -2.91. The minimum atomic E-state index is -3.72. The van der Waals surface area contributed by atoms with Gasteiger partial charge in [-0.3, -0.25) is 0 Å². The number of allylic oxidation sites excluding steroid dienone is 2. The van der Waals surface area contributed by atoms with E-state index in [1.54, 1.807) is 31.2 Å². The number of nitrogens with zero attached hydrogens (tertiary/aromatic N) is 1. The maximum Gasteiger partial charge on any atom is 0.355 e. The topological polar surface area (TPSA) is 102 Å². The van der Waals surface area contributed by atoms with Crippen LogP contribution < -0.4 is 9.62 Å². The Kier molecular flexibility index (Phi) is 6.19. The van der Waals surface area contributed by atoms with Gasteiger partial charge >= 0.3 is 11.9 Å². The van der Waals surface area contributed by atoms with Crippen molar-refractivity contribution in [2.75, 3.05) is 26.2 Å². The van der Waals surface area contributed by atoms with Crippen LogP contribution >= 0.6 is 0 Å². The summed E-state index contributed by atoms with van der Waals surface area (Å²) in [6.45, 7) is 1.66. The molecule has 2 rings (SSSR count). The molecular formula is C18H20N2O6S. The number of carbonyl (C=O) groups is 2. The van der Waals surface area contributed by atoms with Crippen LogP contribution in [0.4, 0.5) is 5.69 Å². The van der Waals surface area contributed by atoms with Crippen LogP contribution in [0, 0.1) is 6.92 Å². The van der Waals surface area contributed by atoms with Gasteiger partial charge < -0.3 is 14.4 Å². The predicted octanol–water partition coefficient (Wildman–Crippen LogP) is 1.39. The zero-order chi connectivity index (χ0) is 20.2. The maximum atomic E-state index is 12.4. The van der Waals surface area contributed by atoms with Crippen molar-refractivity contribution in [3.05, 3.63) is 59.5 Å². The first-order valence-corrected chi connectivity index (χ1v) is 9.34. The number of aryl methyl sites for hydroxylation is 1. The molecule has 0 spiro atoms. The highest BCUT2D eigenvalue weighted by Crippen LogP contribution is 2.29. The third-order valence-corrected chi connectivity index (χ3v) is 5.45. The third kappa shape index (κ3) is 4.09. The van der Waals surface area contributed by atoms with Crippen LogP contribution in [0.25, 0.3) is 0 Å². The second-order valence-electron chi connectivity index (χ2n) is 5.47. The summed E-state index contributed by atoms with van der Waals surface area (Å²) in [5.74, 6) is -1.50. The van der Waals surface area contributed by atoms with Crippen LogP contribution in [0.3, 0.4) is 0 Å². The second kappa shape index (κ2) is 8.19. The average Bonchev–Trinajstić information content (AvgIpc) is 2.90. The Morgan fingerprint density at radius 3 is 2.33 bits per heavy atom. The average molecular weight is 392 g/mol. The van der Waals surface area contributed by atoms with Gasteiger partial charge in [-0.2, -0.15) is 0 Å². The van der Waals surface area contributed by atoms with Gasteiger partial charge in [-0.05, 0) is 43.8 Å². The van der Waals surface area contributed by atoms with E-state index in [4.69, 9.17) is 9.47 Å². The van der Waals surface area contributed by atoms with Crippen molar-refractivity contribution in [3.8, 4) is 0 Å². The van der Waals surface area contributed by atoms with Crippen LogP contribution in [0.2, 0.25) is 0 Å². The van der Waals surface area contributed by atoms with E-state index in [-0.39, 0.29) is 16.2 Å². The highest BCUT2D eigenvalue weighted by molar-refractivity contribution is 7.89. The van der Waals surface area contributed by atoms with E-state index < -0.39 is 22.0 Å². The molecule has 0 aliphatic carbocycles. The molecule has 0 atom stereocenters. The normalized spacial score (nSPS) is 14.1. The molecule has 1 heterocycles. The number of carbonyl (C=O) groups excluding carboxylic acids is 2. The molecule has 9 heteroatoms. The van der Waals surface area contributed by atoms with Crippen molar-refractivity contribution in [1.29, 1.82) is 0 Å². The largest absolute Gasteiger partial charge is 0.465 e. The number of anilines is 1.